The van der Waals surface area contributed by atoms with Crippen LogP contribution >= 0.6 is 34.3 Å². The highest BCUT2D eigenvalue weighted by molar-refractivity contribution is 7.91. The van der Waals surface area contributed by atoms with Gasteiger partial charge in [0.1, 0.15) is 16.8 Å². The van der Waals surface area contributed by atoms with Crippen LogP contribution in [0.5, 0.6) is 0 Å². The standard InChI is InChI=1S/C19H18ClN3O5S3/c1-28-16(24)11-22-13-7-6-12(20)10-15(13)30-19(22)21-18(25)14-4-2-8-23(14)31(26,27)17-5-3-9-29-17/h3,5-7,9-10,14H,2,4,8,11H2,1H3. The van der Waals surface area contributed by atoms with E-state index in [1.165, 1.54) is 28.8 Å². The number of sulfonamides is 1. The van der Waals surface area contributed by atoms with Gasteiger partial charge in [0.15, 0.2) is 4.80 Å². The molecular formula is C19H18ClN3O5S3. The van der Waals surface area contributed by atoms with Crippen molar-refractivity contribution in [2.24, 2.45) is 4.99 Å². The Morgan fingerprint density at radius 2 is 2.13 bits per heavy atom. The molecule has 3 heterocycles. The zero-order valence-corrected chi connectivity index (χ0v) is 19.6. The summed E-state index contributed by atoms with van der Waals surface area (Å²) in [6, 6.07) is 7.45. The second kappa shape index (κ2) is 8.83. The monoisotopic (exact) mass is 499 g/mol. The van der Waals surface area contributed by atoms with Gasteiger partial charge in [0.25, 0.3) is 15.9 Å². The van der Waals surface area contributed by atoms with Gasteiger partial charge in [-0.05, 0) is 42.5 Å². The van der Waals surface area contributed by atoms with E-state index in [0.717, 1.165) is 16.0 Å². The van der Waals surface area contributed by atoms with E-state index < -0.39 is 27.9 Å². The Morgan fingerprint density at radius 1 is 1.32 bits per heavy atom. The van der Waals surface area contributed by atoms with E-state index in [1.54, 1.807) is 34.2 Å². The highest BCUT2D eigenvalue weighted by atomic mass is 35.5. The lowest BCUT2D eigenvalue weighted by Gasteiger charge is -2.20. The molecule has 1 atom stereocenters. The number of aromatic nitrogens is 1. The van der Waals surface area contributed by atoms with Gasteiger partial charge in [0.2, 0.25) is 0 Å². The summed E-state index contributed by atoms with van der Waals surface area (Å²) in [6.45, 7) is 0.127. The Bertz CT molecular complexity index is 1310. The van der Waals surface area contributed by atoms with Crippen molar-refractivity contribution in [2.75, 3.05) is 13.7 Å². The lowest BCUT2D eigenvalue weighted by molar-refractivity contribution is -0.141. The van der Waals surface area contributed by atoms with E-state index in [4.69, 9.17) is 16.3 Å². The number of amides is 1. The predicted molar refractivity (Wildman–Crippen MR) is 119 cm³/mol. The predicted octanol–water partition coefficient (Wildman–Crippen LogP) is 2.87. The molecule has 2 aromatic heterocycles. The topological polar surface area (TPSA) is 98.0 Å². The van der Waals surface area contributed by atoms with Crippen LogP contribution in [0.4, 0.5) is 0 Å². The fourth-order valence-corrected chi connectivity index (χ4v) is 7.53. The molecule has 1 fully saturated rings. The molecule has 1 aliphatic heterocycles. The number of nitrogens with zero attached hydrogens (tertiary/aromatic N) is 3. The molecule has 0 spiro atoms. The Labute approximate surface area is 191 Å². The number of benzene rings is 1. The molecule has 0 aliphatic carbocycles. The van der Waals surface area contributed by atoms with Gasteiger partial charge in [0.05, 0.1) is 17.3 Å². The van der Waals surface area contributed by atoms with Crippen LogP contribution < -0.4 is 4.80 Å². The molecule has 3 aromatic rings. The number of fused-ring (bicyclic) bond motifs is 1. The number of halogens is 1. The quantitative estimate of drug-likeness (QED) is 0.503. The van der Waals surface area contributed by atoms with E-state index in [0.29, 0.717) is 23.4 Å². The molecule has 1 unspecified atom stereocenters. The van der Waals surface area contributed by atoms with Crippen LogP contribution in [0.25, 0.3) is 10.2 Å². The van der Waals surface area contributed by atoms with Crippen LogP contribution in [0.1, 0.15) is 12.8 Å². The first kappa shape index (κ1) is 22.2. The summed E-state index contributed by atoms with van der Waals surface area (Å²) < 4.78 is 34.4. The van der Waals surface area contributed by atoms with Crippen molar-refractivity contribution < 1.29 is 22.7 Å². The molecule has 1 saturated heterocycles. The van der Waals surface area contributed by atoms with Gasteiger partial charge in [-0.1, -0.05) is 29.0 Å². The molecule has 0 saturated carbocycles. The zero-order chi connectivity index (χ0) is 22.2. The Morgan fingerprint density at radius 3 is 2.84 bits per heavy atom. The first-order valence-corrected chi connectivity index (χ1v) is 12.8. The molecule has 0 N–H and O–H groups in total. The van der Waals surface area contributed by atoms with Gasteiger partial charge in [0, 0.05) is 11.6 Å². The number of methoxy groups -OCH3 is 1. The summed E-state index contributed by atoms with van der Waals surface area (Å²) in [6.07, 6.45) is 0.960. The number of hydrogen-bond acceptors (Lipinski definition) is 7. The van der Waals surface area contributed by atoms with E-state index in [-0.39, 0.29) is 22.1 Å². The number of carbonyl (C=O) groups is 2. The molecule has 31 heavy (non-hydrogen) atoms. The van der Waals surface area contributed by atoms with Gasteiger partial charge in [-0.3, -0.25) is 9.59 Å². The lowest BCUT2D eigenvalue weighted by atomic mass is 10.2. The minimum absolute atomic E-state index is 0.133. The summed E-state index contributed by atoms with van der Waals surface area (Å²) in [5.74, 6) is -1.06. The molecule has 164 valence electrons. The van der Waals surface area contributed by atoms with Crippen molar-refractivity contribution in [3.8, 4) is 0 Å². The number of carbonyl (C=O) groups excluding carboxylic acids is 2. The van der Waals surface area contributed by atoms with E-state index in [2.05, 4.69) is 4.99 Å². The lowest BCUT2D eigenvalue weighted by Crippen LogP contribution is -2.40. The smallest absolute Gasteiger partial charge is 0.325 e. The minimum Gasteiger partial charge on any atom is -0.468 e. The molecule has 4 rings (SSSR count). The molecule has 0 radical (unpaired) electrons. The number of hydrogen-bond donors (Lipinski definition) is 0. The zero-order valence-electron chi connectivity index (χ0n) is 16.4. The summed E-state index contributed by atoms with van der Waals surface area (Å²) in [7, 11) is -2.49. The molecule has 1 amide bonds. The second-order valence-corrected chi connectivity index (χ2v) is 11.3. The summed E-state index contributed by atoms with van der Waals surface area (Å²) in [4.78, 5) is 29.5. The fourth-order valence-electron chi connectivity index (χ4n) is 3.45. The number of rotatable bonds is 5. The minimum atomic E-state index is -3.77. The highest BCUT2D eigenvalue weighted by Crippen LogP contribution is 2.29. The molecular weight excluding hydrogens is 482 g/mol. The fraction of sp³-hybridized carbons (Fsp3) is 0.316. The van der Waals surface area contributed by atoms with Crippen molar-refractivity contribution in [2.45, 2.75) is 29.6 Å². The van der Waals surface area contributed by atoms with E-state index in [1.807, 2.05) is 0 Å². The molecule has 1 aliphatic rings. The summed E-state index contributed by atoms with van der Waals surface area (Å²) >= 11 is 8.39. The third-order valence-corrected chi connectivity index (χ3v) is 9.47. The van der Waals surface area contributed by atoms with Gasteiger partial charge in [-0.2, -0.15) is 9.30 Å². The average molecular weight is 500 g/mol. The van der Waals surface area contributed by atoms with Gasteiger partial charge >= 0.3 is 5.97 Å². The maximum Gasteiger partial charge on any atom is 0.325 e. The van der Waals surface area contributed by atoms with Crippen LogP contribution in [0.2, 0.25) is 5.02 Å². The number of thiophene rings is 1. The molecule has 0 bridgehead atoms. The molecule has 1 aromatic carbocycles. The second-order valence-electron chi connectivity index (χ2n) is 6.81. The third kappa shape index (κ3) is 4.33. The third-order valence-electron chi connectivity index (χ3n) is 4.91. The summed E-state index contributed by atoms with van der Waals surface area (Å²) in [5.41, 5.74) is 0.681. The van der Waals surface area contributed by atoms with Gasteiger partial charge < -0.3 is 9.30 Å². The molecule has 8 nitrogen and oxygen atoms in total. The van der Waals surface area contributed by atoms with Crippen molar-refractivity contribution in [1.82, 2.24) is 8.87 Å². The Hall–Kier alpha value is -2.05. The van der Waals surface area contributed by atoms with Crippen molar-refractivity contribution in [3.05, 3.63) is 45.5 Å². The first-order valence-electron chi connectivity index (χ1n) is 9.31. The maximum atomic E-state index is 13.1. The largest absolute Gasteiger partial charge is 0.468 e. The van der Waals surface area contributed by atoms with Gasteiger partial charge in [-0.15, -0.1) is 11.3 Å². The Balaban J connectivity index is 1.74. The SMILES string of the molecule is COC(=O)Cn1c(=NC(=O)C2CCCN2S(=O)(=O)c2cccs2)sc2cc(Cl)ccc21. The van der Waals surface area contributed by atoms with Crippen molar-refractivity contribution in [1.29, 1.82) is 0 Å². The van der Waals surface area contributed by atoms with Crippen molar-refractivity contribution >= 4 is 66.4 Å². The van der Waals surface area contributed by atoms with Gasteiger partial charge in [-0.25, -0.2) is 8.42 Å². The Kier molecular flexibility index (Phi) is 6.31. The van der Waals surface area contributed by atoms with Crippen LogP contribution in [-0.4, -0.2) is 48.9 Å². The van der Waals surface area contributed by atoms with Crippen LogP contribution in [0.15, 0.2) is 44.9 Å². The number of ether oxygens (including phenoxy) is 1. The normalized spacial score (nSPS) is 18.0. The van der Waals surface area contributed by atoms with E-state index >= 15 is 0 Å². The highest BCUT2D eigenvalue weighted by Gasteiger charge is 2.40. The summed E-state index contributed by atoms with van der Waals surface area (Å²) in [5, 5.41) is 2.20. The number of esters is 1. The van der Waals surface area contributed by atoms with Crippen LogP contribution in [0, 0.1) is 0 Å². The number of thiazole rings is 1. The van der Waals surface area contributed by atoms with Crippen LogP contribution in [0.3, 0.4) is 0 Å². The molecule has 12 heteroatoms. The average Bonchev–Trinajstić information content (AvgIpc) is 3.48. The van der Waals surface area contributed by atoms with Crippen LogP contribution in [-0.2, 0) is 30.9 Å². The first-order chi connectivity index (χ1) is 14.8. The van der Waals surface area contributed by atoms with E-state index in [9.17, 15) is 18.0 Å². The van der Waals surface area contributed by atoms with Crippen molar-refractivity contribution in [3.63, 3.8) is 0 Å². The maximum absolute atomic E-state index is 13.1.